The maximum absolute atomic E-state index is 13.2. The molecule has 0 aliphatic rings. The third-order valence-corrected chi connectivity index (χ3v) is 6.52. The number of sulfonamides is 1. The second-order valence-electron chi connectivity index (χ2n) is 7.07. The van der Waals surface area contributed by atoms with Crippen LogP contribution in [0.15, 0.2) is 96.4 Å². The fraction of sp³-hybridized carbons (Fsp3) is 0.125. The first-order chi connectivity index (χ1) is 15.6. The van der Waals surface area contributed by atoms with Crippen LogP contribution in [-0.2, 0) is 22.7 Å². The van der Waals surface area contributed by atoms with Crippen molar-refractivity contribution in [2.45, 2.75) is 17.6 Å². The largest absolute Gasteiger partial charge is 0.416 e. The van der Waals surface area contributed by atoms with Crippen molar-refractivity contribution in [3.05, 3.63) is 108 Å². The first-order valence-electron chi connectivity index (χ1n) is 9.86. The van der Waals surface area contributed by atoms with Crippen LogP contribution in [0.2, 0.25) is 0 Å². The van der Waals surface area contributed by atoms with Gasteiger partial charge in [0.2, 0.25) is 0 Å². The summed E-state index contributed by atoms with van der Waals surface area (Å²) >= 11 is 0. The van der Waals surface area contributed by atoms with Gasteiger partial charge in [-0.3, -0.25) is 9.10 Å². The summed E-state index contributed by atoms with van der Waals surface area (Å²) in [4.78, 5) is 12.5. The number of carbonyl (C=O) groups excluding carboxylic acids is 1. The lowest BCUT2D eigenvalue weighted by atomic mass is 10.1. The Kier molecular flexibility index (Phi) is 7.23. The molecule has 5 nitrogen and oxygen atoms in total. The molecular formula is C24H21F3N2O3S. The summed E-state index contributed by atoms with van der Waals surface area (Å²) in [6, 6.07) is 18.6. The van der Waals surface area contributed by atoms with Crippen LogP contribution in [0.1, 0.15) is 21.5 Å². The molecule has 0 aliphatic heterocycles. The van der Waals surface area contributed by atoms with E-state index in [1.807, 2.05) is 0 Å². The minimum atomic E-state index is -4.49. The molecule has 3 aromatic carbocycles. The van der Waals surface area contributed by atoms with Crippen LogP contribution in [0.25, 0.3) is 0 Å². The van der Waals surface area contributed by atoms with Crippen LogP contribution in [0.3, 0.4) is 0 Å². The highest BCUT2D eigenvalue weighted by Crippen LogP contribution is 2.29. The minimum absolute atomic E-state index is 0.0261. The van der Waals surface area contributed by atoms with Gasteiger partial charge in [-0.05, 0) is 48.0 Å². The van der Waals surface area contributed by atoms with Gasteiger partial charge >= 0.3 is 6.18 Å². The first-order valence-corrected chi connectivity index (χ1v) is 11.3. The molecule has 0 saturated carbocycles. The maximum Gasteiger partial charge on any atom is 0.416 e. The summed E-state index contributed by atoms with van der Waals surface area (Å²) in [6.45, 7) is 3.49. The number of amides is 1. The molecule has 0 bridgehead atoms. The lowest BCUT2D eigenvalue weighted by molar-refractivity contribution is -0.137. The van der Waals surface area contributed by atoms with Gasteiger partial charge in [-0.25, -0.2) is 8.42 Å². The predicted octanol–water partition coefficient (Wildman–Crippen LogP) is 5.02. The molecule has 1 amide bonds. The Morgan fingerprint density at radius 1 is 0.970 bits per heavy atom. The number of carbonyl (C=O) groups is 1. The van der Waals surface area contributed by atoms with Crippen molar-refractivity contribution < 1.29 is 26.4 Å². The van der Waals surface area contributed by atoms with Crippen molar-refractivity contribution in [3.63, 3.8) is 0 Å². The molecule has 172 valence electrons. The predicted molar refractivity (Wildman–Crippen MR) is 120 cm³/mol. The molecule has 0 fully saturated rings. The Morgan fingerprint density at radius 2 is 1.67 bits per heavy atom. The lowest BCUT2D eigenvalue weighted by Gasteiger charge is -2.23. The zero-order chi connectivity index (χ0) is 24.1. The molecule has 0 radical (unpaired) electrons. The first kappa shape index (κ1) is 24.1. The van der Waals surface area contributed by atoms with Crippen molar-refractivity contribution in [3.8, 4) is 0 Å². The molecule has 0 heterocycles. The van der Waals surface area contributed by atoms with Crippen molar-refractivity contribution >= 4 is 21.6 Å². The fourth-order valence-electron chi connectivity index (χ4n) is 3.12. The molecule has 0 spiro atoms. The van der Waals surface area contributed by atoms with E-state index in [1.54, 1.807) is 30.3 Å². The lowest BCUT2D eigenvalue weighted by Crippen LogP contribution is -2.31. The Morgan fingerprint density at radius 3 is 2.33 bits per heavy atom. The van der Waals surface area contributed by atoms with Gasteiger partial charge < -0.3 is 5.32 Å². The molecule has 0 unspecified atom stereocenters. The Hall–Kier alpha value is -3.59. The molecule has 3 aromatic rings. The summed E-state index contributed by atoms with van der Waals surface area (Å²) in [6.07, 6.45) is -3.03. The smallest absolute Gasteiger partial charge is 0.348 e. The Labute approximate surface area is 190 Å². The minimum Gasteiger partial charge on any atom is -0.348 e. The number of alkyl halides is 3. The van der Waals surface area contributed by atoms with Gasteiger partial charge in [-0.1, -0.05) is 42.5 Å². The third kappa shape index (κ3) is 5.81. The number of para-hydroxylation sites is 1. The van der Waals surface area contributed by atoms with Gasteiger partial charge in [-0.15, -0.1) is 6.58 Å². The number of hydrogen-bond donors (Lipinski definition) is 1. The quantitative estimate of drug-likeness (QED) is 0.467. The van der Waals surface area contributed by atoms with Gasteiger partial charge in [0.25, 0.3) is 15.9 Å². The van der Waals surface area contributed by atoms with E-state index in [9.17, 15) is 26.4 Å². The normalized spacial score (nSPS) is 11.6. The second-order valence-corrected chi connectivity index (χ2v) is 8.93. The molecule has 1 N–H and O–H groups in total. The van der Waals surface area contributed by atoms with Gasteiger partial charge in [0.05, 0.1) is 22.7 Å². The Bertz CT molecular complexity index is 1240. The zero-order valence-corrected chi connectivity index (χ0v) is 18.2. The number of anilines is 1. The molecule has 0 aliphatic carbocycles. The SMILES string of the molecule is C=CCN(c1ccccc1)S(=O)(=O)c1cccc(C(=O)NCc2cccc(C(F)(F)F)c2)c1. The average molecular weight is 475 g/mol. The number of hydrogen-bond acceptors (Lipinski definition) is 3. The molecule has 9 heteroatoms. The number of nitrogens with one attached hydrogen (secondary N) is 1. The van der Waals surface area contributed by atoms with E-state index < -0.39 is 27.7 Å². The second kappa shape index (κ2) is 9.91. The van der Waals surface area contributed by atoms with Crippen LogP contribution in [-0.4, -0.2) is 20.9 Å². The standard InChI is InChI=1S/C24H21F3N2O3S/c1-2-14-29(21-11-4-3-5-12-21)33(31,32)22-13-7-9-19(16-22)23(30)28-17-18-8-6-10-20(15-18)24(25,26)27/h2-13,15-16H,1,14,17H2,(H,28,30). The summed E-state index contributed by atoms with van der Waals surface area (Å²) in [5.41, 5.74) is -0.0415. The van der Waals surface area contributed by atoms with E-state index in [1.165, 1.54) is 46.8 Å². The van der Waals surface area contributed by atoms with Crippen molar-refractivity contribution in [2.75, 3.05) is 10.8 Å². The molecule has 0 atom stereocenters. The number of halogens is 3. The van der Waals surface area contributed by atoms with Crippen LogP contribution in [0.5, 0.6) is 0 Å². The molecule has 33 heavy (non-hydrogen) atoms. The highest BCUT2D eigenvalue weighted by atomic mass is 32.2. The number of nitrogens with zero attached hydrogens (tertiary/aromatic N) is 1. The molecular weight excluding hydrogens is 453 g/mol. The van der Waals surface area contributed by atoms with Crippen LogP contribution < -0.4 is 9.62 Å². The van der Waals surface area contributed by atoms with Crippen molar-refractivity contribution in [1.29, 1.82) is 0 Å². The summed E-state index contributed by atoms with van der Waals surface area (Å²) in [5.74, 6) is -0.612. The van der Waals surface area contributed by atoms with Crippen LogP contribution >= 0.6 is 0 Å². The number of benzene rings is 3. The number of rotatable bonds is 8. The topological polar surface area (TPSA) is 66.5 Å². The monoisotopic (exact) mass is 474 g/mol. The van der Waals surface area contributed by atoms with Gasteiger partial charge in [0.15, 0.2) is 0 Å². The fourth-order valence-corrected chi connectivity index (χ4v) is 4.60. The van der Waals surface area contributed by atoms with E-state index in [4.69, 9.17) is 0 Å². The van der Waals surface area contributed by atoms with E-state index in [-0.39, 0.29) is 29.1 Å². The highest BCUT2D eigenvalue weighted by Gasteiger charge is 2.30. The Balaban J connectivity index is 1.81. The van der Waals surface area contributed by atoms with E-state index >= 15 is 0 Å². The van der Waals surface area contributed by atoms with Gasteiger partial charge in [-0.2, -0.15) is 13.2 Å². The average Bonchev–Trinajstić information content (AvgIpc) is 2.81. The van der Waals surface area contributed by atoms with E-state index in [0.717, 1.165) is 12.1 Å². The maximum atomic E-state index is 13.2. The highest BCUT2D eigenvalue weighted by molar-refractivity contribution is 7.92. The van der Waals surface area contributed by atoms with E-state index in [2.05, 4.69) is 11.9 Å². The van der Waals surface area contributed by atoms with Crippen LogP contribution in [0, 0.1) is 0 Å². The summed E-state index contributed by atoms with van der Waals surface area (Å²) in [7, 11) is -4.00. The third-order valence-electron chi connectivity index (χ3n) is 4.73. The van der Waals surface area contributed by atoms with Crippen LogP contribution in [0.4, 0.5) is 18.9 Å². The molecule has 3 rings (SSSR count). The van der Waals surface area contributed by atoms with Gasteiger partial charge in [0, 0.05) is 12.1 Å². The molecule has 0 aromatic heterocycles. The van der Waals surface area contributed by atoms with Crippen molar-refractivity contribution in [1.82, 2.24) is 5.32 Å². The molecule has 0 saturated heterocycles. The van der Waals surface area contributed by atoms with Gasteiger partial charge in [0.1, 0.15) is 0 Å². The van der Waals surface area contributed by atoms with E-state index in [0.29, 0.717) is 5.69 Å². The summed E-state index contributed by atoms with van der Waals surface area (Å²) < 4.78 is 66.3. The summed E-state index contributed by atoms with van der Waals surface area (Å²) in [5, 5.41) is 2.53. The van der Waals surface area contributed by atoms with Crippen molar-refractivity contribution in [2.24, 2.45) is 0 Å². The zero-order valence-electron chi connectivity index (χ0n) is 17.4.